The number of carboxylic acid groups (broad SMARTS) is 1. The summed E-state index contributed by atoms with van der Waals surface area (Å²) in [4.78, 5) is 25.7. The van der Waals surface area contributed by atoms with Crippen molar-refractivity contribution >= 4 is 11.9 Å². The number of rotatable bonds is 4. The molecule has 0 radical (unpaired) electrons. The zero-order valence-corrected chi connectivity index (χ0v) is 8.92. The number of carbonyl (C=O) groups excluding carboxylic acids is 1. The van der Waals surface area contributed by atoms with Crippen LogP contribution in [0.4, 0.5) is 4.39 Å². The van der Waals surface area contributed by atoms with Crippen LogP contribution in [0.1, 0.15) is 17.4 Å². The van der Waals surface area contributed by atoms with Crippen molar-refractivity contribution in [3.05, 3.63) is 29.8 Å². The number of carboxylic acids is 1. The number of halogens is 1. The third-order valence-corrected chi connectivity index (χ3v) is 2.00. The van der Waals surface area contributed by atoms with Crippen molar-refractivity contribution in [1.29, 1.82) is 0 Å². The van der Waals surface area contributed by atoms with Crippen LogP contribution >= 0.6 is 0 Å². The molecule has 1 heterocycles. The second-order valence-electron chi connectivity index (χ2n) is 3.39. The van der Waals surface area contributed by atoms with Crippen LogP contribution in [0.5, 0.6) is 0 Å². The van der Waals surface area contributed by atoms with Gasteiger partial charge in [0, 0.05) is 0 Å². The van der Waals surface area contributed by atoms with E-state index in [1.165, 1.54) is 6.92 Å². The van der Waals surface area contributed by atoms with Crippen LogP contribution in [-0.4, -0.2) is 39.2 Å². The van der Waals surface area contributed by atoms with Gasteiger partial charge in [0.15, 0.2) is 6.04 Å². The number of aliphatic hydroxyl groups excluding tert-OH is 1. The summed E-state index contributed by atoms with van der Waals surface area (Å²) >= 11 is 0. The molecule has 1 rings (SSSR count). The molecule has 17 heavy (non-hydrogen) atoms. The fraction of sp³-hybridized carbons (Fsp3) is 0.300. The molecule has 0 fully saturated rings. The Labute approximate surface area is 96.1 Å². The molecule has 3 N–H and O–H groups in total. The first-order chi connectivity index (χ1) is 7.91. The predicted octanol–water partition coefficient (Wildman–Crippen LogP) is -0.216. The number of hydrogen-bond donors (Lipinski definition) is 3. The van der Waals surface area contributed by atoms with Crippen LogP contribution < -0.4 is 5.32 Å². The van der Waals surface area contributed by atoms with Gasteiger partial charge in [-0.1, -0.05) is 0 Å². The second kappa shape index (κ2) is 5.35. The number of aromatic nitrogens is 1. The topological polar surface area (TPSA) is 99.5 Å². The summed E-state index contributed by atoms with van der Waals surface area (Å²) in [5.41, 5.74) is -0.127. The molecule has 1 aromatic rings. The summed E-state index contributed by atoms with van der Waals surface area (Å²) in [5, 5.41) is 20.0. The van der Waals surface area contributed by atoms with Crippen molar-refractivity contribution in [1.82, 2.24) is 10.3 Å². The zero-order chi connectivity index (χ0) is 13.0. The van der Waals surface area contributed by atoms with E-state index in [-0.39, 0.29) is 5.69 Å². The van der Waals surface area contributed by atoms with Gasteiger partial charge in [-0.2, -0.15) is 0 Å². The monoisotopic (exact) mass is 242 g/mol. The summed E-state index contributed by atoms with van der Waals surface area (Å²) in [6.45, 7) is 1.23. The fourth-order valence-electron chi connectivity index (χ4n) is 1.11. The van der Waals surface area contributed by atoms with E-state index in [1.807, 2.05) is 0 Å². The molecule has 1 aromatic heterocycles. The Morgan fingerprint density at radius 1 is 1.47 bits per heavy atom. The van der Waals surface area contributed by atoms with Crippen LogP contribution in [0.25, 0.3) is 0 Å². The van der Waals surface area contributed by atoms with E-state index in [4.69, 9.17) is 10.2 Å². The number of carbonyl (C=O) groups is 2. The van der Waals surface area contributed by atoms with E-state index < -0.39 is 29.8 Å². The van der Waals surface area contributed by atoms with Crippen LogP contribution in [0.2, 0.25) is 0 Å². The maximum absolute atomic E-state index is 12.5. The number of amides is 1. The van der Waals surface area contributed by atoms with Crippen LogP contribution in [0.15, 0.2) is 18.3 Å². The molecule has 7 heteroatoms. The van der Waals surface area contributed by atoms with E-state index in [2.05, 4.69) is 10.3 Å². The van der Waals surface area contributed by atoms with Gasteiger partial charge in [0.25, 0.3) is 5.91 Å². The Kier molecular flexibility index (Phi) is 4.11. The molecule has 0 saturated carbocycles. The molecule has 0 unspecified atom stereocenters. The maximum atomic E-state index is 12.5. The molecule has 6 nitrogen and oxygen atoms in total. The normalized spacial score (nSPS) is 13.8. The number of pyridine rings is 1. The third-order valence-electron chi connectivity index (χ3n) is 2.00. The lowest BCUT2D eigenvalue weighted by Crippen LogP contribution is -2.47. The molecule has 0 spiro atoms. The van der Waals surface area contributed by atoms with Crippen molar-refractivity contribution in [2.45, 2.75) is 19.1 Å². The van der Waals surface area contributed by atoms with Crippen molar-refractivity contribution in [2.24, 2.45) is 0 Å². The number of aliphatic hydroxyl groups is 1. The summed E-state index contributed by atoms with van der Waals surface area (Å²) in [6, 6.07) is 0.709. The molecular weight excluding hydrogens is 231 g/mol. The lowest BCUT2D eigenvalue weighted by Gasteiger charge is -2.16. The largest absolute Gasteiger partial charge is 0.480 e. The van der Waals surface area contributed by atoms with Gasteiger partial charge in [0.1, 0.15) is 11.5 Å². The highest BCUT2D eigenvalue weighted by atomic mass is 19.1. The Balaban J connectivity index is 2.77. The fourth-order valence-corrected chi connectivity index (χ4v) is 1.11. The third kappa shape index (κ3) is 3.49. The van der Waals surface area contributed by atoms with E-state index in [9.17, 15) is 14.0 Å². The number of nitrogens with zero attached hydrogens (tertiary/aromatic N) is 1. The molecular formula is C10H11FN2O4. The van der Waals surface area contributed by atoms with Crippen molar-refractivity contribution in [3.8, 4) is 0 Å². The lowest BCUT2D eigenvalue weighted by molar-refractivity contribution is -0.141. The average Bonchev–Trinajstić information content (AvgIpc) is 2.25. The smallest absolute Gasteiger partial charge is 0.328 e. The van der Waals surface area contributed by atoms with Gasteiger partial charge in [0.05, 0.1) is 12.3 Å². The molecule has 0 saturated heterocycles. The van der Waals surface area contributed by atoms with Gasteiger partial charge in [0.2, 0.25) is 0 Å². The highest BCUT2D eigenvalue weighted by Gasteiger charge is 2.25. The van der Waals surface area contributed by atoms with E-state index >= 15 is 0 Å². The first kappa shape index (κ1) is 13.0. The molecule has 92 valence electrons. The van der Waals surface area contributed by atoms with Gasteiger partial charge in [-0.25, -0.2) is 14.2 Å². The minimum atomic E-state index is -1.44. The Morgan fingerprint density at radius 2 is 2.12 bits per heavy atom. The summed E-state index contributed by atoms with van der Waals surface area (Å²) < 4.78 is 12.5. The Morgan fingerprint density at radius 3 is 2.53 bits per heavy atom. The molecule has 0 bridgehead atoms. The number of hydrogen-bond acceptors (Lipinski definition) is 4. The van der Waals surface area contributed by atoms with Crippen molar-refractivity contribution in [2.75, 3.05) is 0 Å². The van der Waals surface area contributed by atoms with Gasteiger partial charge >= 0.3 is 5.97 Å². The van der Waals surface area contributed by atoms with Gasteiger partial charge in [-0.3, -0.25) is 4.79 Å². The second-order valence-corrected chi connectivity index (χ2v) is 3.39. The Hall–Kier alpha value is -2.02. The minimum absolute atomic E-state index is 0.127. The SMILES string of the molecule is C[C@@H](O)[C@H](NC(=O)c1ccc(F)cn1)C(=O)O. The average molecular weight is 242 g/mol. The van der Waals surface area contributed by atoms with Gasteiger partial charge in [-0.15, -0.1) is 0 Å². The van der Waals surface area contributed by atoms with Crippen LogP contribution in [0.3, 0.4) is 0 Å². The molecule has 1 amide bonds. The predicted molar refractivity (Wildman–Crippen MR) is 54.8 cm³/mol. The first-order valence-corrected chi connectivity index (χ1v) is 4.75. The summed E-state index contributed by atoms with van der Waals surface area (Å²) in [6.07, 6.45) is -0.413. The minimum Gasteiger partial charge on any atom is -0.480 e. The van der Waals surface area contributed by atoms with E-state index in [0.29, 0.717) is 0 Å². The number of nitrogens with one attached hydrogen (secondary N) is 1. The number of aliphatic carboxylic acids is 1. The van der Waals surface area contributed by atoms with Crippen molar-refractivity contribution in [3.63, 3.8) is 0 Å². The molecule has 0 aliphatic heterocycles. The van der Waals surface area contributed by atoms with Gasteiger partial charge < -0.3 is 15.5 Å². The van der Waals surface area contributed by atoms with E-state index in [0.717, 1.165) is 18.3 Å². The quantitative estimate of drug-likeness (QED) is 0.678. The highest BCUT2D eigenvalue weighted by Crippen LogP contribution is 2.00. The van der Waals surface area contributed by atoms with Crippen molar-refractivity contribution < 1.29 is 24.2 Å². The Bertz CT molecular complexity index is 419. The molecule has 2 atom stereocenters. The molecule has 0 aliphatic carbocycles. The first-order valence-electron chi connectivity index (χ1n) is 4.75. The summed E-state index contributed by atoms with van der Waals surface area (Å²) in [5.74, 6) is -2.76. The van der Waals surface area contributed by atoms with Gasteiger partial charge in [-0.05, 0) is 19.1 Å². The van der Waals surface area contributed by atoms with E-state index in [1.54, 1.807) is 0 Å². The molecule has 0 aromatic carbocycles. The standard InChI is InChI=1S/C10H11FN2O4/c1-5(14)8(10(16)17)13-9(15)7-3-2-6(11)4-12-7/h2-5,8,14H,1H3,(H,13,15)(H,16,17)/t5-,8+/m1/s1. The zero-order valence-electron chi connectivity index (χ0n) is 8.92. The van der Waals surface area contributed by atoms with Crippen LogP contribution in [0, 0.1) is 5.82 Å². The molecule has 0 aliphatic rings. The van der Waals surface area contributed by atoms with Crippen LogP contribution in [-0.2, 0) is 4.79 Å². The summed E-state index contributed by atoms with van der Waals surface area (Å²) in [7, 11) is 0. The maximum Gasteiger partial charge on any atom is 0.328 e. The highest BCUT2D eigenvalue weighted by molar-refractivity contribution is 5.95. The lowest BCUT2D eigenvalue weighted by atomic mass is 10.2.